The van der Waals surface area contributed by atoms with E-state index in [1.54, 1.807) is 23.4 Å². The minimum Gasteiger partial charge on any atom is -0.760 e. The number of halogens is 2. The predicted octanol–water partition coefficient (Wildman–Crippen LogP) is 2.71. The molecule has 0 amide bonds. The van der Waals surface area contributed by atoms with Gasteiger partial charge in [-0.2, -0.15) is 0 Å². The van der Waals surface area contributed by atoms with E-state index in [1.165, 1.54) is 23.5 Å². The SMILES string of the molecule is CCOC(=O)C1=C2CC(NS(=O)[O-])CN2C(c2nccs2)=NC1c1ccc(F)cc1Cl. The second-order valence-electron chi connectivity index (χ2n) is 6.80. The van der Waals surface area contributed by atoms with Gasteiger partial charge in [0.15, 0.2) is 10.8 Å². The van der Waals surface area contributed by atoms with Crippen LogP contribution in [0.15, 0.2) is 46.0 Å². The lowest BCUT2D eigenvalue weighted by atomic mass is 9.94. The minimum absolute atomic E-state index is 0.122. The summed E-state index contributed by atoms with van der Waals surface area (Å²) in [5, 5.41) is 2.52. The first kappa shape index (κ1) is 22.0. The molecule has 3 heterocycles. The Balaban J connectivity index is 1.89. The Labute approximate surface area is 189 Å². The summed E-state index contributed by atoms with van der Waals surface area (Å²) in [6.45, 7) is 2.11. The topological polar surface area (TPSA) is 107 Å². The first-order chi connectivity index (χ1) is 14.9. The van der Waals surface area contributed by atoms with Crippen molar-refractivity contribution in [2.24, 2.45) is 4.99 Å². The Kier molecular flexibility index (Phi) is 6.49. The second-order valence-corrected chi connectivity index (χ2v) is 8.81. The molecule has 2 aromatic rings. The number of thiazole rings is 1. The molecule has 1 saturated heterocycles. The number of carbonyl (C=O) groups excluding carboxylic acids is 1. The fraction of sp³-hybridized carbons (Fsp3) is 0.316. The lowest BCUT2D eigenvalue weighted by molar-refractivity contribution is -0.139. The van der Waals surface area contributed by atoms with E-state index in [2.05, 4.69) is 9.71 Å². The highest BCUT2D eigenvalue weighted by Gasteiger charge is 2.42. The van der Waals surface area contributed by atoms with Crippen LogP contribution in [0.3, 0.4) is 0 Å². The van der Waals surface area contributed by atoms with Crippen LogP contribution in [0.4, 0.5) is 4.39 Å². The molecule has 1 aromatic heterocycles. The third-order valence-corrected chi connectivity index (χ3v) is 6.52. The van der Waals surface area contributed by atoms with Gasteiger partial charge in [-0.05, 0) is 19.1 Å². The number of fused-ring (bicyclic) bond motifs is 1. The number of esters is 1. The van der Waals surface area contributed by atoms with E-state index in [-0.39, 0.29) is 30.2 Å². The number of amidine groups is 1. The number of aromatic nitrogens is 1. The standard InChI is InChI=1S/C19H18ClFN4O4S2/c1-2-29-19(26)15-14-8-11(24-31(27)28)9-25(14)17(18-22-5-6-30-18)23-16(15)12-4-3-10(21)7-13(12)20/h3-7,11,16,24H,2,8-9H2,1H3,(H,27,28)/p-1. The highest BCUT2D eigenvalue weighted by molar-refractivity contribution is 7.77. The molecule has 0 aliphatic carbocycles. The Bertz CT molecular complexity index is 1090. The van der Waals surface area contributed by atoms with Gasteiger partial charge >= 0.3 is 5.97 Å². The molecule has 2 aliphatic heterocycles. The van der Waals surface area contributed by atoms with Crippen LogP contribution in [0.2, 0.25) is 5.02 Å². The zero-order chi connectivity index (χ0) is 22.1. The largest absolute Gasteiger partial charge is 0.760 e. The van der Waals surface area contributed by atoms with Gasteiger partial charge in [0.25, 0.3) is 0 Å². The van der Waals surface area contributed by atoms with Crippen molar-refractivity contribution in [3.8, 4) is 0 Å². The zero-order valence-electron chi connectivity index (χ0n) is 16.2. The van der Waals surface area contributed by atoms with Crippen LogP contribution < -0.4 is 4.72 Å². The molecule has 164 valence electrons. The summed E-state index contributed by atoms with van der Waals surface area (Å²) < 4.78 is 43.9. The second kappa shape index (κ2) is 9.13. The van der Waals surface area contributed by atoms with Crippen LogP contribution in [0.1, 0.15) is 30.0 Å². The maximum absolute atomic E-state index is 13.7. The number of aliphatic imine (C=N–C) groups is 1. The van der Waals surface area contributed by atoms with E-state index in [1.807, 2.05) is 0 Å². The van der Waals surface area contributed by atoms with Gasteiger partial charge in [-0.25, -0.2) is 18.9 Å². The molecular weight excluding hydrogens is 467 g/mol. The maximum atomic E-state index is 13.7. The smallest absolute Gasteiger partial charge is 0.338 e. The van der Waals surface area contributed by atoms with Gasteiger partial charge in [0, 0.05) is 58.1 Å². The Hall–Kier alpha value is -2.18. The molecule has 0 saturated carbocycles. The quantitative estimate of drug-likeness (QED) is 0.500. The number of nitrogens with one attached hydrogen (secondary N) is 1. The summed E-state index contributed by atoms with van der Waals surface area (Å²) >= 11 is 5.20. The molecule has 0 radical (unpaired) electrons. The highest BCUT2D eigenvalue weighted by Crippen LogP contribution is 2.42. The fourth-order valence-electron chi connectivity index (χ4n) is 3.73. The lowest BCUT2D eigenvalue weighted by Gasteiger charge is -2.31. The molecule has 0 bridgehead atoms. The summed E-state index contributed by atoms with van der Waals surface area (Å²) in [5.41, 5.74) is 1.26. The number of benzene rings is 1. The Morgan fingerprint density at radius 1 is 1.52 bits per heavy atom. The van der Waals surface area contributed by atoms with Crippen molar-refractivity contribution in [2.45, 2.75) is 25.4 Å². The number of hydrogen-bond donors (Lipinski definition) is 1. The van der Waals surface area contributed by atoms with Crippen molar-refractivity contribution in [2.75, 3.05) is 13.2 Å². The van der Waals surface area contributed by atoms with Crippen molar-refractivity contribution < 1.29 is 22.7 Å². The van der Waals surface area contributed by atoms with Crippen LogP contribution >= 0.6 is 22.9 Å². The molecular formula is C19H17ClFN4O4S2-. The van der Waals surface area contributed by atoms with Gasteiger partial charge in [-0.15, -0.1) is 11.3 Å². The molecule has 1 aromatic carbocycles. The zero-order valence-corrected chi connectivity index (χ0v) is 18.6. The molecule has 1 N–H and O–H groups in total. The Morgan fingerprint density at radius 3 is 2.97 bits per heavy atom. The van der Waals surface area contributed by atoms with Crippen LogP contribution in [0.25, 0.3) is 0 Å². The van der Waals surface area contributed by atoms with Gasteiger partial charge in [-0.1, -0.05) is 17.7 Å². The first-order valence-electron chi connectivity index (χ1n) is 9.34. The third-order valence-electron chi connectivity index (χ3n) is 4.90. The normalized spacial score (nSPS) is 21.7. The molecule has 3 atom stereocenters. The van der Waals surface area contributed by atoms with Crippen molar-refractivity contribution in [3.05, 3.63) is 62.5 Å². The van der Waals surface area contributed by atoms with Crippen molar-refractivity contribution >= 4 is 46.0 Å². The van der Waals surface area contributed by atoms with Crippen LogP contribution in [0, 0.1) is 5.82 Å². The molecule has 0 spiro atoms. The van der Waals surface area contributed by atoms with E-state index in [4.69, 9.17) is 21.3 Å². The van der Waals surface area contributed by atoms with Gasteiger partial charge < -0.3 is 14.2 Å². The maximum Gasteiger partial charge on any atom is 0.338 e. The monoisotopic (exact) mass is 483 g/mol. The molecule has 4 rings (SSSR count). The Morgan fingerprint density at radius 2 is 2.32 bits per heavy atom. The van der Waals surface area contributed by atoms with Gasteiger partial charge in [0.05, 0.1) is 12.2 Å². The predicted molar refractivity (Wildman–Crippen MR) is 114 cm³/mol. The third kappa shape index (κ3) is 4.41. The molecule has 12 heteroatoms. The van der Waals surface area contributed by atoms with E-state index < -0.39 is 35.1 Å². The number of hydrogen-bond acceptors (Lipinski definition) is 8. The summed E-state index contributed by atoms with van der Waals surface area (Å²) in [5.74, 6) is -0.605. The molecule has 31 heavy (non-hydrogen) atoms. The van der Waals surface area contributed by atoms with Crippen molar-refractivity contribution in [3.63, 3.8) is 0 Å². The van der Waals surface area contributed by atoms with E-state index >= 15 is 0 Å². The summed E-state index contributed by atoms with van der Waals surface area (Å²) in [4.78, 5) is 23.9. The molecule has 8 nitrogen and oxygen atoms in total. The molecule has 1 fully saturated rings. The van der Waals surface area contributed by atoms with Gasteiger partial charge in [0.1, 0.15) is 11.9 Å². The van der Waals surface area contributed by atoms with Crippen LogP contribution in [-0.4, -0.2) is 49.6 Å². The van der Waals surface area contributed by atoms with Gasteiger partial charge in [0.2, 0.25) is 0 Å². The van der Waals surface area contributed by atoms with Crippen molar-refractivity contribution in [1.29, 1.82) is 0 Å². The minimum atomic E-state index is -2.47. The van der Waals surface area contributed by atoms with Crippen LogP contribution in [-0.2, 0) is 20.8 Å². The highest BCUT2D eigenvalue weighted by atomic mass is 35.5. The summed E-state index contributed by atoms with van der Waals surface area (Å²) in [7, 11) is 0. The van der Waals surface area contributed by atoms with E-state index in [9.17, 15) is 17.9 Å². The van der Waals surface area contributed by atoms with Crippen LogP contribution in [0.5, 0.6) is 0 Å². The fourth-order valence-corrected chi connectivity index (χ4v) is 5.07. The number of nitrogens with zero attached hydrogens (tertiary/aromatic N) is 3. The molecule has 3 unspecified atom stereocenters. The average molecular weight is 484 g/mol. The lowest BCUT2D eigenvalue weighted by Crippen LogP contribution is -2.38. The average Bonchev–Trinajstić information content (AvgIpc) is 3.36. The summed E-state index contributed by atoms with van der Waals surface area (Å²) in [6, 6.07) is 2.57. The van der Waals surface area contributed by atoms with E-state index in [0.717, 1.165) is 6.07 Å². The number of rotatable bonds is 6. The summed E-state index contributed by atoms with van der Waals surface area (Å²) in [6.07, 6.45) is 1.88. The van der Waals surface area contributed by atoms with Gasteiger partial charge in [-0.3, -0.25) is 9.20 Å². The number of ether oxygens (including phenoxy) is 1. The number of carbonyl (C=O) groups is 1. The van der Waals surface area contributed by atoms with E-state index in [0.29, 0.717) is 22.1 Å². The molecule has 2 aliphatic rings. The first-order valence-corrected chi connectivity index (χ1v) is 11.7. The van der Waals surface area contributed by atoms with Crippen molar-refractivity contribution in [1.82, 2.24) is 14.6 Å².